The summed E-state index contributed by atoms with van der Waals surface area (Å²) < 4.78 is 5.31. The zero-order valence-electron chi connectivity index (χ0n) is 16.2. The molecule has 0 saturated heterocycles. The highest BCUT2D eigenvalue weighted by atomic mass is 16.5. The number of ether oxygens (including phenoxy) is 1. The molecule has 146 valence electrons. The van der Waals surface area contributed by atoms with Gasteiger partial charge in [-0.15, -0.1) is 0 Å². The van der Waals surface area contributed by atoms with Gasteiger partial charge in [0.2, 0.25) is 0 Å². The summed E-state index contributed by atoms with van der Waals surface area (Å²) in [7, 11) is 0. The Labute approximate surface area is 169 Å². The summed E-state index contributed by atoms with van der Waals surface area (Å²) in [4.78, 5) is 37.8. The Morgan fingerprint density at radius 2 is 1.38 bits per heavy atom. The van der Waals surface area contributed by atoms with Crippen molar-refractivity contribution in [2.75, 3.05) is 5.32 Å². The number of anilines is 1. The van der Waals surface area contributed by atoms with Crippen molar-refractivity contribution in [1.29, 1.82) is 0 Å². The van der Waals surface area contributed by atoms with Gasteiger partial charge in [0, 0.05) is 16.8 Å². The van der Waals surface area contributed by atoms with Gasteiger partial charge in [-0.3, -0.25) is 9.59 Å². The number of benzene rings is 3. The lowest BCUT2D eigenvalue weighted by Crippen LogP contribution is -2.30. The van der Waals surface area contributed by atoms with Crippen molar-refractivity contribution in [3.05, 3.63) is 101 Å². The van der Waals surface area contributed by atoms with Crippen molar-refractivity contribution in [3.63, 3.8) is 0 Å². The van der Waals surface area contributed by atoms with Crippen LogP contribution in [0.1, 0.15) is 38.8 Å². The first-order valence-electron chi connectivity index (χ1n) is 9.23. The largest absolute Gasteiger partial charge is 0.449 e. The summed E-state index contributed by atoms with van der Waals surface area (Å²) in [6.45, 7) is 3.42. The molecule has 5 nitrogen and oxygen atoms in total. The number of hydrogen-bond donors (Lipinski definition) is 1. The van der Waals surface area contributed by atoms with Gasteiger partial charge in [-0.25, -0.2) is 4.79 Å². The van der Waals surface area contributed by atoms with Crippen LogP contribution in [0.2, 0.25) is 0 Å². The molecule has 3 aromatic rings. The average molecular weight is 387 g/mol. The molecule has 5 heteroatoms. The van der Waals surface area contributed by atoms with E-state index in [2.05, 4.69) is 5.32 Å². The van der Waals surface area contributed by atoms with Gasteiger partial charge < -0.3 is 10.1 Å². The standard InChI is InChI=1S/C24H21NO4/c1-16-12-14-18(15-13-16)22(26)20-10-6-7-11-21(20)24(28)29-17(2)23(27)25-19-8-4-3-5-9-19/h3-15,17H,1-2H3,(H,25,27)/t17-/m0/s1. The number of hydrogen-bond acceptors (Lipinski definition) is 4. The quantitative estimate of drug-likeness (QED) is 0.502. The molecule has 0 fully saturated rings. The first-order valence-corrected chi connectivity index (χ1v) is 9.23. The molecule has 0 aliphatic rings. The Morgan fingerprint density at radius 1 is 0.793 bits per heavy atom. The van der Waals surface area contributed by atoms with Gasteiger partial charge in [-0.1, -0.05) is 66.2 Å². The maximum atomic E-state index is 12.9. The third kappa shape index (κ3) is 4.96. The van der Waals surface area contributed by atoms with Gasteiger partial charge in [0.25, 0.3) is 5.91 Å². The number of carbonyl (C=O) groups is 3. The van der Waals surface area contributed by atoms with Crippen LogP contribution in [0, 0.1) is 6.92 Å². The highest BCUT2D eigenvalue weighted by Crippen LogP contribution is 2.17. The molecular weight excluding hydrogens is 366 g/mol. The summed E-state index contributed by atoms with van der Waals surface area (Å²) in [5.74, 6) is -1.46. The molecular formula is C24H21NO4. The molecule has 0 heterocycles. The summed E-state index contributed by atoms with van der Waals surface area (Å²) >= 11 is 0. The molecule has 3 aromatic carbocycles. The lowest BCUT2D eigenvalue weighted by Gasteiger charge is -2.15. The van der Waals surface area contributed by atoms with Crippen LogP contribution in [0.15, 0.2) is 78.9 Å². The van der Waals surface area contributed by atoms with Crippen molar-refractivity contribution in [3.8, 4) is 0 Å². The first-order chi connectivity index (χ1) is 14.0. The van der Waals surface area contributed by atoms with E-state index in [1.54, 1.807) is 54.6 Å². The maximum Gasteiger partial charge on any atom is 0.339 e. The van der Waals surface area contributed by atoms with Crippen LogP contribution < -0.4 is 5.32 Å². The van der Waals surface area contributed by atoms with Crippen LogP contribution in [0.25, 0.3) is 0 Å². The highest BCUT2D eigenvalue weighted by Gasteiger charge is 2.23. The van der Waals surface area contributed by atoms with Crippen LogP contribution in [0.4, 0.5) is 5.69 Å². The Kier molecular flexibility index (Phi) is 6.19. The molecule has 0 spiro atoms. The average Bonchev–Trinajstić information content (AvgIpc) is 2.74. The number of rotatable bonds is 6. The van der Waals surface area contributed by atoms with E-state index >= 15 is 0 Å². The summed E-state index contributed by atoms with van der Waals surface area (Å²) in [6, 6.07) is 22.4. The van der Waals surface area contributed by atoms with Gasteiger partial charge in [0.1, 0.15) is 0 Å². The molecule has 0 bridgehead atoms. The lowest BCUT2D eigenvalue weighted by molar-refractivity contribution is -0.123. The number of para-hydroxylation sites is 1. The van der Waals surface area contributed by atoms with Crippen molar-refractivity contribution in [1.82, 2.24) is 0 Å². The molecule has 3 rings (SSSR count). The van der Waals surface area contributed by atoms with E-state index in [1.165, 1.54) is 13.0 Å². The molecule has 0 radical (unpaired) electrons. The second-order valence-corrected chi connectivity index (χ2v) is 6.64. The fourth-order valence-electron chi connectivity index (χ4n) is 2.76. The van der Waals surface area contributed by atoms with Gasteiger partial charge in [-0.05, 0) is 32.0 Å². The zero-order valence-corrected chi connectivity index (χ0v) is 16.2. The maximum absolute atomic E-state index is 12.9. The topological polar surface area (TPSA) is 72.5 Å². The fourth-order valence-corrected chi connectivity index (χ4v) is 2.76. The summed E-state index contributed by atoms with van der Waals surface area (Å²) in [6.07, 6.45) is -1.02. The highest BCUT2D eigenvalue weighted by molar-refractivity contribution is 6.14. The van der Waals surface area contributed by atoms with Crippen LogP contribution in [-0.2, 0) is 9.53 Å². The smallest absolute Gasteiger partial charge is 0.339 e. The van der Waals surface area contributed by atoms with E-state index in [9.17, 15) is 14.4 Å². The lowest BCUT2D eigenvalue weighted by atomic mass is 9.98. The predicted molar refractivity (Wildman–Crippen MR) is 111 cm³/mol. The Bertz CT molecular complexity index is 1030. The monoisotopic (exact) mass is 387 g/mol. The number of carbonyl (C=O) groups excluding carboxylic acids is 3. The minimum atomic E-state index is -1.02. The van der Waals surface area contributed by atoms with Gasteiger partial charge >= 0.3 is 5.97 Å². The van der Waals surface area contributed by atoms with Gasteiger partial charge in [-0.2, -0.15) is 0 Å². The molecule has 0 saturated carbocycles. The van der Waals surface area contributed by atoms with E-state index in [0.717, 1.165) is 5.56 Å². The SMILES string of the molecule is Cc1ccc(C(=O)c2ccccc2C(=O)O[C@@H](C)C(=O)Nc2ccccc2)cc1. The van der Waals surface area contributed by atoms with Crippen molar-refractivity contribution >= 4 is 23.3 Å². The summed E-state index contributed by atoms with van der Waals surface area (Å²) in [5.41, 5.74) is 2.48. The first kappa shape index (κ1) is 20.0. The van der Waals surface area contributed by atoms with Gasteiger partial charge in [0.05, 0.1) is 5.56 Å². The third-order valence-electron chi connectivity index (χ3n) is 4.40. The minimum absolute atomic E-state index is 0.123. The van der Waals surface area contributed by atoms with E-state index in [4.69, 9.17) is 4.74 Å². The van der Waals surface area contributed by atoms with Crippen LogP contribution in [-0.4, -0.2) is 23.8 Å². The Balaban J connectivity index is 1.75. The molecule has 0 aliphatic carbocycles. The molecule has 0 aliphatic heterocycles. The second kappa shape index (κ2) is 8.97. The van der Waals surface area contributed by atoms with E-state index in [0.29, 0.717) is 11.3 Å². The van der Waals surface area contributed by atoms with Gasteiger partial charge in [0.15, 0.2) is 11.9 Å². The normalized spacial score (nSPS) is 11.4. The molecule has 1 amide bonds. The van der Waals surface area contributed by atoms with Crippen LogP contribution in [0.5, 0.6) is 0 Å². The predicted octanol–water partition coefficient (Wildman–Crippen LogP) is 4.41. The Hall–Kier alpha value is -3.73. The van der Waals surface area contributed by atoms with Crippen molar-refractivity contribution in [2.24, 2.45) is 0 Å². The molecule has 1 atom stereocenters. The number of esters is 1. The third-order valence-corrected chi connectivity index (χ3v) is 4.40. The van der Waals surface area contributed by atoms with Crippen LogP contribution >= 0.6 is 0 Å². The van der Waals surface area contributed by atoms with Crippen molar-refractivity contribution < 1.29 is 19.1 Å². The Morgan fingerprint density at radius 3 is 2.03 bits per heavy atom. The molecule has 1 N–H and O–H groups in total. The fraction of sp³-hybridized carbons (Fsp3) is 0.125. The number of nitrogens with one attached hydrogen (secondary N) is 1. The van der Waals surface area contributed by atoms with Crippen LogP contribution in [0.3, 0.4) is 0 Å². The second-order valence-electron chi connectivity index (χ2n) is 6.64. The van der Waals surface area contributed by atoms with E-state index in [-0.39, 0.29) is 16.9 Å². The zero-order chi connectivity index (χ0) is 20.8. The van der Waals surface area contributed by atoms with Crippen molar-refractivity contribution in [2.45, 2.75) is 20.0 Å². The van der Waals surface area contributed by atoms with E-state index in [1.807, 2.05) is 25.1 Å². The molecule has 0 aromatic heterocycles. The number of ketones is 1. The number of aryl methyl sites for hydroxylation is 1. The molecule has 29 heavy (non-hydrogen) atoms. The summed E-state index contributed by atoms with van der Waals surface area (Å²) in [5, 5.41) is 2.68. The minimum Gasteiger partial charge on any atom is -0.449 e. The van der Waals surface area contributed by atoms with E-state index < -0.39 is 18.0 Å². The number of amides is 1. The molecule has 0 unspecified atom stereocenters.